The van der Waals surface area contributed by atoms with E-state index in [4.69, 9.17) is 10.00 Å². The average molecular weight is 320 g/mol. The minimum absolute atomic E-state index is 0.215. The molecule has 0 spiro atoms. The van der Waals surface area contributed by atoms with Gasteiger partial charge in [0.15, 0.2) is 11.6 Å². The lowest BCUT2D eigenvalue weighted by atomic mass is 10.1. The van der Waals surface area contributed by atoms with Gasteiger partial charge in [0.25, 0.3) is 0 Å². The first-order valence-corrected chi connectivity index (χ1v) is 6.81. The summed E-state index contributed by atoms with van der Waals surface area (Å²) in [5.74, 6) is -0.166. The zero-order chi connectivity index (χ0) is 13.7. The number of alkyl halides is 1. The van der Waals surface area contributed by atoms with Crippen molar-refractivity contribution in [2.24, 2.45) is 0 Å². The molecule has 0 aromatic heterocycles. The van der Waals surface area contributed by atoms with Crippen molar-refractivity contribution in [2.75, 3.05) is 0 Å². The molecule has 19 heavy (non-hydrogen) atoms. The van der Waals surface area contributed by atoms with Crippen molar-refractivity contribution in [3.63, 3.8) is 0 Å². The Morgan fingerprint density at radius 3 is 2.68 bits per heavy atom. The number of hydrogen-bond acceptors (Lipinski definition) is 2. The van der Waals surface area contributed by atoms with Gasteiger partial charge >= 0.3 is 0 Å². The number of rotatable bonds is 4. The highest BCUT2D eigenvalue weighted by atomic mass is 79.9. The van der Waals surface area contributed by atoms with Gasteiger partial charge in [-0.1, -0.05) is 34.1 Å². The van der Waals surface area contributed by atoms with Crippen LogP contribution in [0.5, 0.6) is 5.75 Å². The van der Waals surface area contributed by atoms with Crippen LogP contribution in [-0.4, -0.2) is 0 Å². The number of benzene rings is 2. The van der Waals surface area contributed by atoms with Crippen molar-refractivity contribution in [1.29, 1.82) is 5.26 Å². The Morgan fingerprint density at radius 2 is 2.00 bits per heavy atom. The molecular weight excluding hydrogens is 309 g/mol. The van der Waals surface area contributed by atoms with Crippen molar-refractivity contribution in [3.05, 3.63) is 65.0 Å². The number of halogens is 2. The van der Waals surface area contributed by atoms with Crippen molar-refractivity contribution in [1.82, 2.24) is 0 Å². The van der Waals surface area contributed by atoms with E-state index in [9.17, 15) is 4.39 Å². The van der Waals surface area contributed by atoms with E-state index in [1.54, 1.807) is 30.3 Å². The van der Waals surface area contributed by atoms with E-state index in [-0.39, 0.29) is 18.2 Å². The Bertz CT molecular complexity index is 622. The Hall–Kier alpha value is -1.86. The largest absolute Gasteiger partial charge is 0.486 e. The van der Waals surface area contributed by atoms with Crippen LogP contribution in [0.1, 0.15) is 16.7 Å². The third-order valence-corrected chi connectivity index (χ3v) is 3.25. The van der Waals surface area contributed by atoms with Gasteiger partial charge < -0.3 is 4.74 Å². The fourth-order valence-corrected chi connectivity index (χ4v) is 1.99. The molecule has 0 fully saturated rings. The summed E-state index contributed by atoms with van der Waals surface area (Å²) in [5.41, 5.74) is 2.26. The van der Waals surface area contributed by atoms with Gasteiger partial charge in [-0.3, -0.25) is 0 Å². The zero-order valence-electron chi connectivity index (χ0n) is 10.1. The predicted octanol–water partition coefficient (Wildman–Crippen LogP) is 4.17. The molecule has 96 valence electrons. The first-order valence-electron chi connectivity index (χ1n) is 5.69. The van der Waals surface area contributed by atoms with E-state index in [2.05, 4.69) is 22.0 Å². The van der Waals surface area contributed by atoms with Gasteiger partial charge in [0.1, 0.15) is 6.61 Å². The molecule has 2 aromatic rings. The van der Waals surface area contributed by atoms with E-state index >= 15 is 0 Å². The molecule has 4 heteroatoms. The van der Waals surface area contributed by atoms with Gasteiger partial charge in [0, 0.05) is 5.33 Å². The summed E-state index contributed by atoms with van der Waals surface area (Å²) in [6.07, 6.45) is 0. The standard InChI is InChI=1S/C15H11BrFNO/c16-8-11-4-5-15(14(17)7-11)19-10-13-3-1-2-12(6-13)9-18/h1-7H,8,10H2. The summed E-state index contributed by atoms with van der Waals surface area (Å²) >= 11 is 3.27. The maximum Gasteiger partial charge on any atom is 0.165 e. The van der Waals surface area contributed by atoms with E-state index < -0.39 is 0 Å². The molecule has 0 N–H and O–H groups in total. The fourth-order valence-electron chi connectivity index (χ4n) is 1.64. The van der Waals surface area contributed by atoms with Crippen molar-refractivity contribution < 1.29 is 9.13 Å². The normalized spacial score (nSPS) is 9.95. The quantitative estimate of drug-likeness (QED) is 0.792. The molecule has 0 saturated heterocycles. The molecule has 2 aromatic carbocycles. The average Bonchev–Trinajstić information content (AvgIpc) is 2.46. The molecule has 0 unspecified atom stereocenters. The van der Waals surface area contributed by atoms with Gasteiger partial charge in [0.2, 0.25) is 0 Å². The van der Waals surface area contributed by atoms with Gasteiger partial charge in [-0.05, 0) is 35.4 Å². The summed E-state index contributed by atoms with van der Waals surface area (Å²) in [5, 5.41) is 9.40. The van der Waals surface area contributed by atoms with Crippen LogP contribution in [0.15, 0.2) is 42.5 Å². The Balaban J connectivity index is 2.08. The molecule has 2 nitrogen and oxygen atoms in total. The molecule has 0 aliphatic carbocycles. The van der Waals surface area contributed by atoms with Gasteiger partial charge in [-0.2, -0.15) is 5.26 Å². The second-order valence-electron chi connectivity index (χ2n) is 4.00. The molecule has 0 atom stereocenters. The van der Waals surface area contributed by atoms with Crippen LogP contribution in [0.2, 0.25) is 0 Å². The predicted molar refractivity (Wildman–Crippen MR) is 74.5 cm³/mol. The maximum absolute atomic E-state index is 13.7. The highest BCUT2D eigenvalue weighted by molar-refractivity contribution is 9.08. The van der Waals surface area contributed by atoms with Crippen LogP contribution in [0.4, 0.5) is 4.39 Å². The first-order chi connectivity index (χ1) is 9.22. The van der Waals surface area contributed by atoms with E-state index in [1.807, 2.05) is 6.07 Å². The molecule has 0 heterocycles. The number of nitrogens with zero attached hydrogens (tertiary/aromatic N) is 1. The lowest BCUT2D eigenvalue weighted by Crippen LogP contribution is -1.98. The zero-order valence-corrected chi connectivity index (χ0v) is 11.7. The van der Waals surface area contributed by atoms with Gasteiger partial charge in [-0.15, -0.1) is 0 Å². The van der Waals surface area contributed by atoms with Gasteiger partial charge in [-0.25, -0.2) is 4.39 Å². The number of ether oxygens (including phenoxy) is 1. The molecule has 0 aliphatic rings. The van der Waals surface area contributed by atoms with Crippen LogP contribution >= 0.6 is 15.9 Å². The topological polar surface area (TPSA) is 33.0 Å². The summed E-state index contributed by atoms with van der Waals surface area (Å²) in [6, 6.07) is 14.0. The van der Waals surface area contributed by atoms with Crippen molar-refractivity contribution in [2.45, 2.75) is 11.9 Å². The highest BCUT2D eigenvalue weighted by Crippen LogP contribution is 2.21. The van der Waals surface area contributed by atoms with Crippen molar-refractivity contribution >= 4 is 15.9 Å². The number of hydrogen-bond donors (Lipinski definition) is 0. The monoisotopic (exact) mass is 319 g/mol. The lowest BCUT2D eigenvalue weighted by molar-refractivity contribution is 0.290. The molecule has 0 aliphatic heterocycles. The second-order valence-corrected chi connectivity index (χ2v) is 4.56. The van der Waals surface area contributed by atoms with Crippen molar-refractivity contribution in [3.8, 4) is 11.8 Å². The molecule has 0 radical (unpaired) electrons. The summed E-state index contributed by atoms with van der Waals surface area (Å²) in [6.45, 7) is 0.236. The fraction of sp³-hybridized carbons (Fsp3) is 0.133. The summed E-state index contributed by atoms with van der Waals surface area (Å²) < 4.78 is 19.1. The summed E-state index contributed by atoms with van der Waals surface area (Å²) in [4.78, 5) is 0. The van der Waals surface area contributed by atoms with E-state index in [0.717, 1.165) is 11.1 Å². The SMILES string of the molecule is N#Cc1cccc(COc2ccc(CBr)cc2F)c1. The lowest BCUT2D eigenvalue weighted by Gasteiger charge is -2.08. The van der Waals surface area contributed by atoms with E-state index in [0.29, 0.717) is 10.9 Å². The Kier molecular flexibility index (Phi) is 4.53. The second kappa shape index (κ2) is 6.35. The maximum atomic E-state index is 13.7. The van der Waals surface area contributed by atoms with Crippen LogP contribution in [0.25, 0.3) is 0 Å². The molecule has 0 bridgehead atoms. The van der Waals surface area contributed by atoms with Gasteiger partial charge in [0.05, 0.1) is 11.6 Å². The highest BCUT2D eigenvalue weighted by Gasteiger charge is 2.05. The molecule has 0 saturated carbocycles. The van der Waals surface area contributed by atoms with E-state index in [1.165, 1.54) is 6.07 Å². The molecular formula is C15H11BrFNO. The Morgan fingerprint density at radius 1 is 1.16 bits per heavy atom. The molecule has 2 rings (SSSR count). The smallest absolute Gasteiger partial charge is 0.165 e. The van der Waals surface area contributed by atoms with Crippen LogP contribution in [0, 0.1) is 17.1 Å². The number of nitriles is 1. The molecule has 0 amide bonds. The first kappa shape index (κ1) is 13.6. The Labute approximate surface area is 119 Å². The van der Waals surface area contributed by atoms with Crippen LogP contribution in [-0.2, 0) is 11.9 Å². The minimum atomic E-state index is -0.381. The van der Waals surface area contributed by atoms with Crippen LogP contribution < -0.4 is 4.74 Å². The third-order valence-electron chi connectivity index (χ3n) is 2.60. The van der Waals surface area contributed by atoms with Crippen LogP contribution in [0.3, 0.4) is 0 Å². The third kappa shape index (κ3) is 3.55. The minimum Gasteiger partial charge on any atom is -0.486 e. The summed E-state index contributed by atoms with van der Waals surface area (Å²) in [7, 11) is 0.